The van der Waals surface area contributed by atoms with Crippen molar-refractivity contribution in [2.45, 2.75) is 0 Å². The van der Waals surface area contributed by atoms with Gasteiger partial charge in [0.25, 0.3) is 11.6 Å². The topological polar surface area (TPSA) is 98.5 Å². The van der Waals surface area contributed by atoms with E-state index in [9.17, 15) is 19.7 Å². The SMILES string of the molecule is O=C(COC(=O)/C=C/c1ccc(Cl)c([N+](=O)[O-])c1)Nc1ccc(Cl)cc1. The Bertz CT molecular complexity index is 866. The number of nitrogens with one attached hydrogen (secondary N) is 1. The Hall–Kier alpha value is -2.90. The Morgan fingerprint density at radius 3 is 2.50 bits per heavy atom. The van der Waals surface area contributed by atoms with Gasteiger partial charge < -0.3 is 10.1 Å². The highest BCUT2D eigenvalue weighted by Crippen LogP contribution is 2.25. The number of anilines is 1. The molecular formula is C17H12Cl2N2O5. The largest absolute Gasteiger partial charge is 0.452 e. The summed E-state index contributed by atoms with van der Waals surface area (Å²) in [6.07, 6.45) is 2.38. The maximum Gasteiger partial charge on any atom is 0.331 e. The fourth-order valence-corrected chi connectivity index (χ4v) is 2.17. The molecule has 0 saturated carbocycles. The number of rotatable bonds is 6. The molecule has 0 spiro atoms. The second-order valence-electron chi connectivity index (χ2n) is 4.96. The number of nitro groups is 1. The molecule has 26 heavy (non-hydrogen) atoms. The molecule has 0 atom stereocenters. The zero-order chi connectivity index (χ0) is 19.1. The van der Waals surface area contributed by atoms with Crippen LogP contribution in [-0.4, -0.2) is 23.4 Å². The summed E-state index contributed by atoms with van der Waals surface area (Å²) in [4.78, 5) is 33.5. The quantitative estimate of drug-likeness (QED) is 0.344. The van der Waals surface area contributed by atoms with Crippen LogP contribution < -0.4 is 5.32 Å². The van der Waals surface area contributed by atoms with Crippen molar-refractivity contribution in [2.24, 2.45) is 0 Å². The van der Waals surface area contributed by atoms with E-state index in [4.69, 9.17) is 27.9 Å². The van der Waals surface area contributed by atoms with E-state index in [0.717, 1.165) is 6.08 Å². The standard InChI is InChI=1S/C17H12Cl2N2O5/c18-12-3-5-13(6-4-12)20-16(22)10-26-17(23)8-2-11-1-7-14(19)15(9-11)21(24)25/h1-9H,10H2,(H,20,22)/b8-2+. The maximum absolute atomic E-state index is 11.7. The van der Waals surface area contributed by atoms with E-state index in [0.29, 0.717) is 16.3 Å². The molecule has 0 saturated heterocycles. The third-order valence-corrected chi connectivity index (χ3v) is 3.62. The lowest BCUT2D eigenvalue weighted by molar-refractivity contribution is -0.384. The predicted molar refractivity (Wildman–Crippen MR) is 98.2 cm³/mol. The molecule has 0 fully saturated rings. The molecule has 0 aliphatic heterocycles. The van der Waals surface area contributed by atoms with Crippen LogP contribution in [0.15, 0.2) is 48.5 Å². The molecule has 0 unspecified atom stereocenters. The van der Waals surface area contributed by atoms with Crippen LogP contribution >= 0.6 is 23.2 Å². The highest BCUT2D eigenvalue weighted by Gasteiger charge is 2.12. The second-order valence-corrected chi connectivity index (χ2v) is 5.81. The Morgan fingerprint density at radius 2 is 1.85 bits per heavy atom. The van der Waals surface area contributed by atoms with Gasteiger partial charge in [0, 0.05) is 22.9 Å². The smallest absolute Gasteiger partial charge is 0.331 e. The molecule has 9 heteroatoms. The Morgan fingerprint density at radius 1 is 1.15 bits per heavy atom. The maximum atomic E-state index is 11.7. The zero-order valence-electron chi connectivity index (χ0n) is 13.1. The van der Waals surface area contributed by atoms with Gasteiger partial charge in [0.05, 0.1) is 4.92 Å². The van der Waals surface area contributed by atoms with E-state index in [1.165, 1.54) is 24.3 Å². The molecule has 2 rings (SSSR count). The molecule has 2 aromatic carbocycles. The number of halogens is 2. The normalized spacial score (nSPS) is 10.5. The van der Waals surface area contributed by atoms with E-state index >= 15 is 0 Å². The van der Waals surface area contributed by atoms with Crippen molar-refractivity contribution in [2.75, 3.05) is 11.9 Å². The van der Waals surface area contributed by atoms with Crippen LogP contribution in [0.2, 0.25) is 10.0 Å². The monoisotopic (exact) mass is 394 g/mol. The zero-order valence-corrected chi connectivity index (χ0v) is 14.7. The van der Waals surface area contributed by atoms with Crippen molar-refractivity contribution in [3.05, 3.63) is 74.3 Å². The summed E-state index contributed by atoms with van der Waals surface area (Å²) in [5.74, 6) is -1.29. The average molecular weight is 395 g/mol. The van der Waals surface area contributed by atoms with E-state index in [1.54, 1.807) is 24.3 Å². The highest BCUT2D eigenvalue weighted by atomic mass is 35.5. The fourth-order valence-electron chi connectivity index (χ4n) is 1.85. The average Bonchev–Trinajstić information content (AvgIpc) is 2.61. The number of nitrogens with zero attached hydrogens (tertiary/aromatic N) is 1. The summed E-state index contributed by atoms with van der Waals surface area (Å²) in [5.41, 5.74) is 0.632. The molecule has 7 nitrogen and oxygen atoms in total. The van der Waals surface area contributed by atoms with Crippen molar-refractivity contribution in [1.29, 1.82) is 0 Å². The molecule has 0 aliphatic carbocycles. The number of benzene rings is 2. The van der Waals surface area contributed by atoms with Crippen LogP contribution in [0, 0.1) is 10.1 Å². The Kier molecular flexibility index (Phi) is 6.71. The number of carbonyl (C=O) groups excluding carboxylic acids is 2. The fraction of sp³-hybridized carbons (Fsp3) is 0.0588. The number of amides is 1. The van der Waals surface area contributed by atoms with Crippen LogP contribution in [0.25, 0.3) is 6.08 Å². The van der Waals surface area contributed by atoms with Crippen molar-refractivity contribution < 1.29 is 19.2 Å². The minimum Gasteiger partial charge on any atom is -0.452 e. The van der Waals surface area contributed by atoms with Crippen LogP contribution in [-0.2, 0) is 14.3 Å². The van der Waals surface area contributed by atoms with Crippen LogP contribution in [0.4, 0.5) is 11.4 Å². The lowest BCUT2D eigenvalue weighted by Gasteiger charge is -2.05. The number of hydrogen-bond donors (Lipinski definition) is 1. The first-order valence-corrected chi connectivity index (χ1v) is 7.95. The molecule has 0 heterocycles. The molecule has 0 bridgehead atoms. The van der Waals surface area contributed by atoms with E-state index in [1.807, 2.05) is 0 Å². The van der Waals surface area contributed by atoms with Gasteiger partial charge in [-0.2, -0.15) is 0 Å². The van der Waals surface area contributed by atoms with Gasteiger partial charge in [-0.05, 0) is 42.0 Å². The second kappa shape index (κ2) is 8.98. The minimum absolute atomic E-state index is 0.00593. The van der Waals surface area contributed by atoms with E-state index in [-0.39, 0.29) is 10.7 Å². The minimum atomic E-state index is -0.770. The van der Waals surface area contributed by atoms with E-state index < -0.39 is 23.4 Å². The Balaban J connectivity index is 1.87. The number of ether oxygens (including phenoxy) is 1. The van der Waals surface area contributed by atoms with Crippen LogP contribution in [0.1, 0.15) is 5.56 Å². The first-order chi connectivity index (χ1) is 12.3. The summed E-state index contributed by atoms with van der Waals surface area (Å²) in [6, 6.07) is 10.5. The van der Waals surface area contributed by atoms with Crippen LogP contribution in [0.5, 0.6) is 0 Å². The first kappa shape index (κ1) is 19.4. The third-order valence-electron chi connectivity index (χ3n) is 3.05. The Labute approximate surface area is 158 Å². The number of carbonyl (C=O) groups is 2. The van der Waals surface area contributed by atoms with Crippen molar-refractivity contribution in [3.8, 4) is 0 Å². The van der Waals surface area contributed by atoms with Crippen molar-refractivity contribution >= 4 is 52.5 Å². The summed E-state index contributed by atoms with van der Waals surface area (Å²) >= 11 is 11.4. The third kappa shape index (κ3) is 5.87. The van der Waals surface area contributed by atoms with Gasteiger partial charge in [-0.25, -0.2) is 4.79 Å². The summed E-state index contributed by atoms with van der Waals surface area (Å²) in [6.45, 7) is -0.480. The molecule has 0 aliphatic rings. The molecule has 2 aromatic rings. The predicted octanol–water partition coefficient (Wildman–Crippen LogP) is 4.10. The van der Waals surface area contributed by atoms with Crippen LogP contribution in [0.3, 0.4) is 0 Å². The lowest BCUT2D eigenvalue weighted by Crippen LogP contribution is -2.20. The highest BCUT2D eigenvalue weighted by molar-refractivity contribution is 6.32. The number of nitro benzene ring substituents is 1. The van der Waals surface area contributed by atoms with Gasteiger partial charge in [0.2, 0.25) is 0 Å². The van der Waals surface area contributed by atoms with Crippen molar-refractivity contribution in [1.82, 2.24) is 0 Å². The van der Waals surface area contributed by atoms with Gasteiger partial charge in [-0.3, -0.25) is 14.9 Å². The van der Waals surface area contributed by atoms with Gasteiger partial charge in [0.15, 0.2) is 6.61 Å². The lowest BCUT2D eigenvalue weighted by atomic mass is 10.2. The molecule has 134 valence electrons. The van der Waals surface area contributed by atoms with Crippen molar-refractivity contribution in [3.63, 3.8) is 0 Å². The summed E-state index contributed by atoms with van der Waals surface area (Å²) < 4.78 is 4.80. The summed E-state index contributed by atoms with van der Waals surface area (Å²) in [7, 11) is 0. The molecular weight excluding hydrogens is 383 g/mol. The first-order valence-electron chi connectivity index (χ1n) is 7.19. The molecule has 1 amide bonds. The van der Waals surface area contributed by atoms with Gasteiger partial charge in [0.1, 0.15) is 5.02 Å². The number of hydrogen-bond acceptors (Lipinski definition) is 5. The van der Waals surface area contributed by atoms with Gasteiger partial charge in [-0.1, -0.05) is 29.3 Å². The van der Waals surface area contributed by atoms with Gasteiger partial charge >= 0.3 is 5.97 Å². The molecule has 0 aromatic heterocycles. The molecule has 1 N–H and O–H groups in total. The number of esters is 1. The van der Waals surface area contributed by atoms with Gasteiger partial charge in [-0.15, -0.1) is 0 Å². The summed E-state index contributed by atoms with van der Waals surface area (Å²) in [5, 5.41) is 13.9. The van der Waals surface area contributed by atoms with E-state index in [2.05, 4.69) is 5.32 Å². The molecule has 0 radical (unpaired) electrons.